The normalized spacial score (nSPS) is 20.4. The van der Waals surface area contributed by atoms with Crippen LogP contribution in [0.15, 0.2) is 48.5 Å². The molecule has 206 valence electrons. The monoisotopic (exact) mass is 536 g/mol. The van der Waals surface area contributed by atoms with Crippen LogP contribution >= 0.6 is 0 Å². The first kappa shape index (κ1) is 28.7. The van der Waals surface area contributed by atoms with Gasteiger partial charge in [-0.15, -0.1) is 0 Å². The minimum atomic E-state index is -1.97. The molecule has 0 bridgehead atoms. The maximum Gasteiger partial charge on any atom is 0.227 e. The van der Waals surface area contributed by atoms with E-state index >= 15 is 0 Å². The average molecular weight is 537 g/mol. The smallest absolute Gasteiger partial charge is 0.227 e. The van der Waals surface area contributed by atoms with Gasteiger partial charge in [-0.25, -0.2) is 4.39 Å². The highest BCUT2D eigenvalue weighted by Crippen LogP contribution is 2.43. The topological polar surface area (TPSA) is 34.5 Å². The first-order valence-corrected chi connectivity index (χ1v) is 17.0. The summed E-state index contributed by atoms with van der Waals surface area (Å²) >= 11 is 0. The molecule has 0 saturated heterocycles. The Hall–Kier alpha value is -2.28. The second-order valence-corrected chi connectivity index (χ2v) is 16.6. The third-order valence-corrected chi connectivity index (χ3v) is 15.2. The van der Waals surface area contributed by atoms with Crippen molar-refractivity contribution in [3.05, 3.63) is 65.5 Å². The summed E-state index contributed by atoms with van der Waals surface area (Å²) in [4.78, 5) is 15.4. The van der Waals surface area contributed by atoms with Crippen molar-refractivity contribution in [1.82, 2.24) is 9.47 Å². The van der Waals surface area contributed by atoms with Gasteiger partial charge in [0.25, 0.3) is 0 Å². The molecule has 1 heterocycles. The number of benzene rings is 2. The molecule has 1 fully saturated rings. The molecule has 4 nitrogen and oxygen atoms in total. The van der Waals surface area contributed by atoms with Gasteiger partial charge in [0.15, 0.2) is 0 Å². The van der Waals surface area contributed by atoms with E-state index < -0.39 is 8.07 Å². The number of nitrogens with zero attached hydrogens (tertiary/aromatic N) is 2. The zero-order valence-corrected chi connectivity index (χ0v) is 25.1. The zero-order chi connectivity index (χ0) is 27.5. The molecular weight excluding hydrogens is 491 g/mol. The van der Waals surface area contributed by atoms with E-state index in [1.807, 2.05) is 4.57 Å². The molecule has 0 aliphatic heterocycles. The Kier molecular flexibility index (Phi) is 8.95. The Morgan fingerprint density at radius 2 is 1.68 bits per heavy atom. The minimum Gasteiger partial charge on any atom is -0.376 e. The summed E-state index contributed by atoms with van der Waals surface area (Å²) in [6.45, 7) is 9.49. The summed E-state index contributed by atoms with van der Waals surface area (Å²) in [5.74, 6) is 0.234. The van der Waals surface area contributed by atoms with Gasteiger partial charge in [-0.1, -0.05) is 69.2 Å². The zero-order valence-electron chi connectivity index (χ0n) is 24.1. The van der Waals surface area contributed by atoms with Gasteiger partial charge < -0.3 is 4.74 Å². The van der Waals surface area contributed by atoms with E-state index in [4.69, 9.17) is 4.74 Å². The third-order valence-electron chi connectivity index (χ3n) is 9.58. The van der Waals surface area contributed by atoms with Gasteiger partial charge in [0, 0.05) is 35.3 Å². The summed E-state index contributed by atoms with van der Waals surface area (Å²) in [5.41, 5.74) is 3.32. The van der Waals surface area contributed by atoms with Crippen LogP contribution in [0.25, 0.3) is 10.9 Å². The molecule has 38 heavy (non-hydrogen) atoms. The van der Waals surface area contributed by atoms with Crippen molar-refractivity contribution in [3.8, 4) is 0 Å². The van der Waals surface area contributed by atoms with Crippen LogP contribution in [0.1, 0.15) is 69.3 Å². The number of carbonyl (C=O) groups is 1. The van der Waals surface area contributed by atoms with Crippen LogP contribution in [-0.2, 0) is 16.9 Å². The lowest BCUT2D eigenvalue weighted by Gasteiger charge is -2.45. The minimum absolute atomic E-state index is 0.00306. The second kappa shape index (κ2) is 11.8. The largest absolute Gasteiger partial charge is 0.376 e. The van der Waals surface area contributed by atoms with Gasteiger partial charge in [0.1, 0.15) is 13.9 Å². The Balaban J connectivity index is 1.58. The fraction of sp³-hybridized carbons (Fsp3) is 0.531. The van der Waals surface area contributed by atoms with E-state index in [1.165, 1.54) is 11.6 Å². The molecule has 0 atom stereocenters. The van der Waals surface area contributed by atoms with E-state index in [-0.39, 0.29) is 17.3 Å². The number of fused-ring (bicyclic) bond motifs is 1. The summed E-state index contributed by atoms with van der Waals surface area (Å²) < 4.78 is 22.8. The fourth-order valence-corrected chi connectivity index (χ4v) is 11.1. The van der Waals surface area contributed by atoms with Crippen molar-refractivity contribution in [2.24, 2.45) is 5.92 Å². The van der Waals surface area contributed by atoms with E-state index in [0.717, 1.165) is 65.6 Å². The van der Waals surface area contributed by atoms with Crippen molar-refractivity contribution in [2.75, 3.05) is 20.7 Å². The second-order valence-electron chi connectivity index (χ2n) is 11.4. The average Bonchev–Trinajstić information content (AvgIpc) is 3.25. The number of hydrogen-bond acceptors (Lipinski definition) is 3. The first-order chi connectivity index (χ1) is 18.2. The van der Waals surface area contributed by atoms with Gasteiger partial charge in [0.2, 0.25) is 5.91 Å². The highest BCUT2D eigenvalue weighted by atomic mass is 28.3. The van der Waals surface area contributed by atoms with Crippen LogP contribution in [0.3, 0.4) is 0 Å². The standard InChI is InChI=1S/C32H45FN2O2Si/c1-7-38(8-2,9-3)31-29(28-21-27(33)15-16-30(28)35(31)24(4)36)23-37-22-25-17-19-32(20-18-25,34(5)6)26-13-11-10-12-14-26/h10-16,21,25H,7-9,17-20,22-23H2,1-6H3. The van der Waals surface area contributed by atoms with Crippen molar-refractivity contribution in [3.63, 3.8) is 0 Å². The number of carbonyl (C=O) groups excluding carboxylic acids is 1. The van der Waals surface area contributed by atoms with E-state index in [0.29, 0.717) is 19.1 Å². The van der Waals surface area contributed by atoms with Crippen LogP contribution in [-0.4, -0.2) is 44.2 Å². The number of rotatable bonds is 10. The summed E-state index contributed by atoms with van der Waals surface area (Å²) in [7, 11) is 2.42. The molecule has 3 aromatic rings. The van der Waals surface area contributed by atoms with Crippen LogP contribution in [0.4, 0.5) is 4.39 Å². The quantitative estimate of drug-likeness (QED) is 0.255. The third kappa shape index (κ3) is 5.15. The van der Waals surface area contributed by atoms with Crippen molar-refractivity contribution < 1.29 is 13.9 Å². The lowest BCUT2D eigenvalue weighted by Crippen LogP contribution is -2.52. The van der Waals surface area contributed by atoms with E-state index in [1.54, 1.807) is 19.1 Å². The molecule has 1 aliphatic carbocycles. The summed E-state index contributed by atoms with van der Waals surface area (Å²) in [6, 6.07) is 18.9. The van der Waals surface area contributed by atoms with Crippen LogP contribution in [0.2, 0.25) is 18.1 Å². The molecular formula is C32H45FN2O2Si. The number of halogens is 1. The Labute approximate surface area is 229 Å². The fourth-order valence-electron chi connectivity index (χ4n) is 7.00. The van der Waals surface area contributed by atoms with E-state index in [2.05, 4.69) is 70.1 Å². The lowest BCUT2D eigenvalue weighted by molar-refractivity contribution is 0.0292. The van der Waals surface area contributed by atoms with Gasteiger partial charge >= 0.3 is 0 Å². The van der Waals surface area contributed by atoms with Gasteiger partial charge in [-0.3, -0.25) is 14.3 Å². The van der Waals surface area contributed by atoms with Gasteiger partial charge in [-0.2, -0.15) is 0 Å². The molecule has 2 aromatic carbocycles. The molecule has 1 saturated carbocycles. The molecule has 1 aromatic heterocycles. The van der Waals surface area contributed by atoms with Crippen LogP contribution < -0.4 is 5.32 Å². The highest BCUT2D eigenvalue weighted by molar-refractivity contribution is 6.92. The predicted molar refractivity (Wildman–Crippen MR) is 158 cm³/mol. The molecule has 4 rings (SSSR count). The molecule has 0 radical (unpaired) electrons. The molecule has 0 amide bonds. The molecule has 6 heteroatoms. The highest BCUT2D eigenvalue weighted by Gasteiger charge is 2.40. The number of hydrogen-bond donors (Lipinski definition) is 0. The SMILES string of the molecule is CC[Si](CC)(CC)c1c(COCC2CCC(c3ccccc3)(N(C)C)CC2)c2cc(F)ccc2n1C(C)=O. The number of aromatic nitrogens is 1. The Bertz CT molecular complexity index is 1230. The molecule has 0 N–H and O–H groups in total. The maximum absolute atomic E-state index is 14.5. The number of ether oxygens (including phenoxy) is 1. The first-order valence-electron chi connectivity index (χ1n) is 14.4. The van der Waals surface area contributed by atoms with Crippen LogP contribution in [0, 0.1) is 11.7 Å². The Morgan fingerprint density at radius 1 is 1.05 bits per heavy atom. The summed E-state index contributed by atoms with van der Waals surface area (Å²) in [6.07, 6.45) is 4.44. The molecule has 1 aliphatic rings. The van der Waals surface area contributed by atoms with Crippen molar-refractivity contribution >= 4 is 30.2 Å². The maximum atomic E-state index is 14.5. The molecule has 0 unspecified atom stereocenters. The van der Waals surface area contributed by atoms with Gasteiger partial charge in [-0.05, 0) is 69.5 Å². The van der Waals surface area contributed by atoms with Crippen LogP contribution in [0.5, 0.6) is 0 Å². The summed E-state index contributed by atoms with van der Waals surface area (Å²) in [5, 5.41) is 1.99. The molecule has 0 spiro atoms. The van der Waals surface area contributed by atoms with E-state index in [9.17, 15) is 9.18 Å². The van der Waals surface area contributed by atoms with Crippen molar-refractivity contribution in [2.45, 2.75) is 83.7 Å². The van der Waals surface area contributed by atoms with Crippen molar-refractivity contribution in [1.29, 1.82) is 0 Å². The van der Waals surface area contributed by atoms with Gasteiger partial charge in [0.05, 0.1) is 12.1 Å². The Morgan fingerprint density at radius 3 is 2.24 bits per heavy atom. The predicted octanol–water partition coefficient (Wildman–Crippen LogP) is 7.32. The lowest BCUT2D eigenvalue weighted by atomic mass is 9.72.